The van der Waals surface area contributed by atoms with Gasteiger partial charge in [-0.2, -0.15) is 0 Å². The highest BCUT2D eigenvalue weighted by Crippen LogP contribution is 2.23. The number of hydrogen-bond donors (Lipinski definition) is 4. The molecule has 0 aromatic carbocycles. The summed E-state index contributed by atoms with van der Waals surface area (Å²) >= 11 is 0. The van der Waals surface area contributed by atoms with Gasteiger partial charge in [-0.1, -0.05) is 15.5 Å². The summed E-state index contributed by atoms with van der Waals surface area (Å²) < 4.78 is 0. The Labute approximate surface area is 93.1 Å². The molecule has 0 unspecified atom stereocenters. The molecule has 0 spiro atoms. The predicted molar refractivity (Wildman–Crippen MR) is 59.0 cm³/mol. The van der Waals surface area contributed by atoms with Crippen LogP contribution in [0, 0.1) is 0 Å². The number of rotatable bonds is 0. The molecule has 0 bridgehead atoms. The third kappa shape index (κ3) is 1.73. The van der Waals surface area contributed by atoms with E-state index < -0.39 is 11.1 Å². The van der Waals surface area contributed by atoms with E-state index in [-0.39, 0.29) is 17.1 Å². The number of nitrogens with one attached hydrogen (secondary N) is 1. The smallest absolute Gasteiger partial charge is 0.156 e. The van der Waals surface area contributed by atoms with E-state index >= 15 is 0 Å². The number of piperidine rings is 1. The van der Waals surface area contributed by atoms with Crippen LogP contribution >= 0.6 is 0 Å². The Balaban J connectivity index is 3.41. The van der Waals surface area contributed by atoms with E-state index in [1.807, 2.05) is 0 Å². The van der Waals surface area contributed by atoms with Crippen LogP contribution in [-0.4, -0.2) is 43.8 Å². The first kappa shape index (κ1) is 12.4. The Kier molecular flexibility index (Phi) is 2.91. The van der Waals surface area contributed by atoms with Gasteiger partial charge in [-0.15, -0.1) is 0 Å². The topological polar surface area (TPSA) is 110 Å². The van der Waals surface area contributed by atoms with Crippen molar-refractivity contribution >= 4 is 17.1 Å². The van der Waals surface area contributed by atoms with Gasteiger partial charge in [-0.05, 0) is 27.7 Å². The van der Waals surface area contributed by atoms with Crippen LogP contribution in [0.15, 0.2) is 15.5 Å². The van der Waals surface area contributed by atoms with Crippen molar-refractivity contribution in [3.8, 4) is 0 Å². The highest BCUT2D eigenvalue weighted by molar-refractivity contribution is 6.72. The van der Waals surface area contributed by atoms with E-state index in [1.165, 1.54) is 0 Å². The molecule has 0 saturated carbocycles. The number of oxime groups is 3. The van der Waals surface area contributed by atoms with Gasteiger partial charge < -0.3 is 15.6 Å². The van der Waals surface area contributed by atoms with Gasteiger partial charge in [0, 0.05) is 0 Å². The Morgan fingerprint density at radius 1 is 0.812 bits per heavy atom. The van der Waals surface area contributed by atoms with Crippen LogP contribution in [0.2, 0.25) is 0 Å². The standard InChI is InChI=1S/C9H16N4O3/c1-8(2)6(11-15)5(10-14)7(12-16)9(3,4)13-8/h13-16H,1-4H3. The molecule has 0 aromatic heterocycles. The monoisotopic (exact) mass is 228 g/mol. The maximum atomic E-state index is 8.93. The fraction of sp³-hybridized carbons (Fsp3) is 0.667. The molecule has 1 fully saturated rings. The van der Waals surface area contributed by atoms with Crippen LogP contribution in [0.4, 0.5) is 0 Å². The zero-order valence-electron chi connectivity index (χ0n) is 9.68. The fourth-order valence-electron chi connectivity index (χ4n) is 2.04. The van der Waals surface area contributed by atoms with Gasteiger partial charge in [0.05, 0.1) is 11.1 Å². The highest BCUT2D eigenvalue weighted by Gasteiger charge is 2.47. The second-order valence-corrected chi connectivity index (χ2v) is 4.72. The number of hydrogen-bond acceptors (Lipinski definition) is 7. The van der Waals surface area contributed by atoms with Crippen molar-refractivity contribution in [1.82, 2.24) is 5.32 Å². The molecule has 1 rings (SSSR count). The van der Waals surface area contributed by atoms with Crippen molar-refractivity contribution in [3.05, 3.63) is 0 Å². The van der Waals surface area contributed by atoms with E-state index in [9.17, 15) is 0 Å². The zero-order valence-corrected chi connectivity index (χ0v) is 9.68. The van der Waals surface area contributed by atoms with Crippen molar-refractivity contribution in [2.45, 2.75) is 38.8 Å². The molecule has 0 aliphatic carbocycles. The van der Waals surface area contributed by atoms with Crippen LogP contribution in [0.5, 0.6) is 0 Å². The molecule has 0 amide bonds. The van der Waals surface area contributed by atoms with E-state index in [4.69, 9.17) is 15.6 Å². The second kappa shape index (κ2) is 3.75. The third-order valence-corrected chi connectivity index (χ3v) is 2.56. The Morgan fingerprint density at radius 3 is 1.44 bits per heavy atom. The molecule has 1 aliphatic heterocycles. The summed E-state index contributed by atoms with van der Waals surface area (Å²) in [5, 5.41) is 39.1. The second-order valence-electron chi connectivity index (χ2n) is 4.72. The summed E-state index contributed by atoms with van der Waals surface area (Å²) in [7, 11) is 0. The van der Waals surface area contributed by atoms with Gasteiger partial charge in [0.15, 0.2) is 5.71 Å². The summed E-state index contributed by atoms with van der Waals surface area (Å²) in [4.78, 5) is 0. The molecule has 1 heterocycles. The maximum absolute atomic E-state index is 8.93. The largest absolute Gasteiger partial charge is 0.411 e. The van der Waals surface area contributed by atoms with Gasteiger partial charge in [0.25, 0.3) is 0 Å². The lowest BCUT2D eigenvalue weighted by Gasteiger charge is -2.42. The Hall–Kier alpha value is -1.63. The molecule has 0 aromatic rings. The van der Waals surface area contributed by atoms with Gasteiger partial charge in [-0.3, -0.25) is 5.32 Å². The zero-order chi connectivity index (χ0) is 12.6. The molecule has 1 saturated heterocycles. The summed E-state index contributed by atoms with van der Waals surface area (Å²) in [6.45, 7) is 7.07. The van der Waals surface area contributed by atoms with Crippen molar-refractivity contribution in [2.24, 2.45) is 15.5 Å². The average molecular weight is 228 g/mol. The minimum atomic E-state index is -0.700. The van der Waals surface area contributed by atoms with E-state index in [0.29, 0.717) is 0 Å². The first-order valence-corrected chi connectivity index (χ1v) is 4.77. The SMILES string of the molecule is CC1(C)NC(C)(C)C(=NO)C(=NO)C1=NO. The molecular formula is C9H16N4O3. The molecule has 0 atom stereocenters. The molecule has 7 nitrogen and oxygen atoms in total. The van der Waals surface area contributed by atoms with Crippen LogP contribution in [0.3, 0.4) is 0 Å². The first-order chi connectivity index (χ1) is 7.30. The van der Waals surface area contributed by atoms with E-state index in [0.717, 1.165) is 0 Å². The van der Waals surface area contributed by atoms with Crippen molar-refractivity contribution in [1.29, 1.82) is 0 Å². The normalized spacial score (nSPS) is 28.4. The van der Waals surface area contributed by atoms with Crippen LogP contribution in [-0.2, 0) is 0 Å². The summed E-state index contributed by atoms with van der Waals surface area (Å²) in [5.41, 5.74) is -1.20. The van der Waals surface area contributed by atoms with Crippen molar-refractivity contribution < 1.29 is 15.6 Å². The average Bonchev–Trinajstić information content (AvgIpc) is 2.13. The van der Waals surface area contributed by atoms with Crippen LogP contribution in [0.25, 0.3) is 0 Å². The minimum absolute atomic E-state index is 0.0289. The quantitative estimate of drug-likeness (QED) is 0.360. The molecule has 16 heavy (non-hydrogen) atoms. The lowest BCUT2D eigenvalue weighted by molar-refractivity contribution is 0.291. The van der Waals surface area contributed by atoms with Crippen LogP contribution in [0.1, 0.15) is 27.7 Å². The highest BCUT2D eigenvalue weighted by atomic mass is 16.4. The number of nitrogens with zero attached hydrogens (tertiary/aromatic N) is 3. The Bertz CT molecular complexity index is 350. The summed E-state index contributed by atoms with van der Waals surface area (Å²) in [6, 6.07) is 0. The lowest BCUT2D eigenvalue weighted by atomic mass is 9.78. The molecule has 4 N–H and O–H groups in total. The summed E-state index contributed by atoms with van der Waals surface area (Å²) in [5.74, 6) is 0. The van der Waals surface area contributed by atoms with Crippen molar-refractivity contribution in [3.63, 3.8) is 0 Å². The van der Waals surface area contributed by atoms with Crippen LogP contribution < -0.4 is 5.32 Å². The minimum Gasteiger partial charge on any atom is -0.411 e. The van der Waals surface area contributed by atoms with Crippen molar-refractivity contribution in [2.75, 3.05) is 0 Å². The summed E-state index contributed by atoms with van der Waals surface area (Å²) in [6.07, 6.45) is 0. The van der Waals surface area contributed by atoms with E-state index in [1.54, 1.807) is 27.7 Å². The molecule has 7 heteroatoms. The molecular weight excluding hydrogens is 212 g/mol. The molecule has 1 aliphatic rings. The fourth-order valence-corrected chi connectivity index (χ4v) is 2.04. The van der Waals surface area contributed by atoms with Gasteiger partial charge in [0.2, 0.25) is 0 Å². The predicted octanol–water partition coefficient (Wildman–Crippen LogP) is 0.637. The molecule has 90 valence electrons. The Morgan fingerprint density at radius 2 is 1.19 bits per heavy atom. The van der Waals surface area contributed by atoms with Gasteiger partial charge in [-0.25, -0.2) is 0 Å². The lowest BCUT2D eigenvalue weighted by Crippen LogP contribution is -2.69. The van der Waals surface area contributed by atoms with Gasteiger partial charge >= 0.3 is 0 Å². The third-order valence-electron chi connectivity index (χ3n) is 2.56. The molecule has 0 radical (unpaired) electrons. The van der Waals surface area contributed by atoms with Gasteiger partial charge in [0.1, 0.15) is 11.4 Å². The maximum Gasteiger partial charge on any atom is 0.156 e. The first-order valence-electron chi connectivity index (χ1n) is 4.77. The van der Waals surface area contributed by atoms with E-state index in [2.05, 4.69) is 20.8 Å².